The van der Waals surface area contributed by atoms with E-state index >= 15 is 0 Å². The van der Waals surface area contributed by atoms with Crippen LogP contribution in [-0.2, 0) is 5.41 Å². The molecule has 0 saturated carbocycles. The van der Waals surface area contributed by atoms with E-state index in [0.717, 1.165) is 11.1 Å². The number of hydrogen-bond donors (Lipinski definition) is 0. The highest BCUT2D eigenvalue weighted by atomic mass is 19.1. The van der Waals surface area contributed by atoms with E-state index in [9.17, 15) is 9.60 Å². The van der Waals surface area contributed by atoms with E-state index in [4.69, 9.17) is 0 Å². The summed E-state index contributed by atoms with van der Waals surface area (Å²) in [5, 5.41) is 12.7. The lowest BCUT2D eigenvalue weighted by Gasteiger charge is -2.20. The molecule has 2 rings (SSSR count). The van der Waals surface area contributed by atoms with E-state index in [2.05, 4.69) is 0 Å². The third kappa shape index (κ3) is 1.94. The predicted octanol–water partition coefficient (Wildman–Crippen LogP) is 3.53. The molecule has 3 heteroatoms. The fourth-order valence-electron chi connectivity index (χ4n) is 2.04. The van der Waals surface area contributed by atoms with Gasteiger partial charge in [-0.3, -0.25) is 0 Å². The summed E-state index contributed by atoms with van der Waals surface area (Å²) in [5.41, 5.74) is 2.32. The van der Waals surface area contributed by atoms with Crippen LogP contribution in [0.25, 0.3) is 10.9 Å². The molecule has 0 aliphatic rings. The zero-order chi connectivity index (χ0) is 13.7. The van der Waals surface area contributed by atoms with Crippen molar-refractivity contribution in [1.82, 2.24) is 0 Å². The molecule has 0 atom stereocenters. The quantitative estimate of drug-likeness (QED) is 0.517. The summed E-state index contributed by atoms with van der Waals surface area (Å²) in [7, 11) is 0. The second-order valence-electron chi connectivity index (χ2n) is 5.85. The summed E-state index contributed by atoms with van der Waals surface area (Å²) in [4.78, 5) is 0. The van der Waals surface area contributed by atoms with Crippen LogP contribution in [0.4, 0.5) is 4.39 Å². The molecule has 0 N–H and O–H groups in total. The normalized spacial score (nSPS) is 12.1. The predicted molar refractivity (Wildman–Crippen MR) is 71.0 cm³/mol. The molecule has 0 radical (unpaired) electrons. The van der Waals surface area contributed by atoms with Gasteiger partial charge in [-0.1, -0.05) is 20.8 Å². The summed E-state index contributed by atoms with van der Waals surface area (Å²) in [6, 6.07) is 5.24. The van der Waals surface area contributed by atoms with Crippen molar-refractivity contribution in [3.63, 3.8) is 0 Å². The van der Waals surface area contributed by atoms with Gasteiger partial charge in [-0.15, -0.1) is 0 Å². The van der Waals surface area contributed by atoms with Crippen molar-refractivity contribution in [1.29, 1.82) is 0 Å². The standard InChI is InChI=1S/C15H18FNO/c1-9-6-11-7-12(15(3,4)5)8-13(16)14(11)17(18)10(9)2/h6-8H,1-5H3. The fraction of sp³-hybridized carbons (Fsp3) is 0.400. The van der Waals surface area contributed by atoms with Crippen molar-refractivity contribution in [3.05, 3.63) is 46.0 Å². The number of fused-ring (bicyclic) bond motifs is 1. The van der Waals surface area contributed by atoms with Gasteiger partial charge < -0.3 is 5.21 Å². The van der Waals surface area contributed by atoms with Crippen LogP contribution < -0.4 is 4.73 Å². The zero-order valence-corrected chi connectivity index (χ0v) is 11.5. The first kappa shape index (κ1) is 12.8. The van der Waals surface area contributed by atoms with E-state index in [-0.39, 0.29) is 10.9 Å². The maximum atomic E-state index is 14.1. The highest BCUT2D eigenvalue weighted by Gasteiger charge is 2.21. The number of benzene rings is 1. The Morgan fingerprint density at radius 3 is 2.28 bits per heavy atom. The van der Waals surface area contributed by atoms with Crippen molar-refractivity contribution >= 4 is 10.9 Å². The van der Waals surface area contributed by atoms with Gasteiger partial charge in [-0.2, -0.15) is 9.12 Å². The Morgan fingerprint density at radius 1 is 1.11 bits per heavy atom. The van der Waals surface area contributed by atoms with Crippen LogP contribution in [0.1, 0.15) is 37.6 Å². The second-order valence-corrected chi connectivity index (χ2v) is 5.85. The Bertz CT molecular complexity index is 627. The topological polar surface area (TPSA) is 26.9 Å². The molecule has 0 saturated heterocycles. The van der Waals surface area contributed by atoms with Gasteiger partial charge in [-0.25, -0.2) is 0 Å². The van der Waals surface area contributed by atoms with E-state index in [0.29, 0.717) is 15.8 Å². The van der Waals surface area contributed by atoms with Gasteiger partial charge in [0.05, 0.1) is 5.39 Å². The Kier molecular flexibility index (Phi) is 2.80. The summed E-state index contributed by atoms with van der Waals surface area (Å²) < 4.78 is 14.8. The highest BCUT2D eigenvalue weighted by Crippen LogP contribution is 2.27. The monoisotopic (exact) mass is 247 g/mol. The maximum Gasteiger partial charge on any atom is 0.260 e. The minimum atomic E-state index is -0.449. The van der Waals surface area contributed by atoms with Gasteiger partial charge in [0.25, 0.3) is 5.52 Å². The summed E-state index contributed by atoms with van der Waals surface area (Å²) >= 11 is 0. The minimum Gasteiger partial charge on any atom is -0.618 e. The Balaban J connectivity index is 2.87. The van der Waals surface area contributed by atoms with Crippen molar-refractivity contribution in [2.24, 2.45) is 0 Å². The number of nitrogens with zero attached hydrogens (tertiary/aromatic N) is 1. The molecule has 1 aromatic carbocycles. The van der Waals surface area contributed by atoms with E-state index < -0.39 is 5.82 Å². The van der Waals surface area contributed by atoms with Gasteiger partial charge in [0.1, 0.15) is 0 Å². The SMILES string of the molecule is Cc1cc2cc(C(C)(C)C)cc(F)c2[n+]([O-])c1C. The molecule has 0 aliphatic carbocycles. The van der Waals surface area contributed by atoms with Gasteiger partial charge in [-0.05, 0) is 36.1 Å². The largest absolute Gasteiger partial charge is 0.618 e. The van der Waals surface area contributed by atoms with E-state index in [1.165, 1.54) is 6.07 Å². The summed E-state index contributed by atoms with van der Waals surface area (Å²) in [6.07, 6.45) is 0. The molecule has 0 amide bonds. The number of rotatable bonds is 0. The molecule has 0 aliphatic heterocycles. The van der Waals surface area contributed by atoms with Gasteiger partial charge >= 0.3 is 0 Å². The van der Waals surface area contributed by atoms with E-state index in [1.807, 2.05) is 39.8 Å². The first-order chi connectivity index (χ1) is 8.21. The van der Waals surface area contributed by atoms with Crippen molar-refractivity contribution < 1.29 is 9.12 Å². The smallest absolute Gasteiger partial charge is 0.260 e. The van der Waals surface area contributed by atoms with Crippen LogP contribution in [0.5, 0.6) is 0 Å². The maximum absolute atomic E-state index is 14.1. The Labute approximate surface area is 107 Å². The first-order valence-electron chi connectivity index (χ1n) is 6.05. The highest BCUT2D eigenvalue weighted by molar-refractivity contribution is 5.78. The molecule has 0 fully saturated rings. The fourth-order valence-corrected chi connectivity index (χ4v) is 2.04. The molecular weight excluding hydrogens is 229 g/mol. The van der Waals surface area contributed by atoms with Crippen LogP contribution >= 0.6 is 0 Å². The van der Waals surface area contributed by atoms with Crippen LogP contribution in [0.2, 0.25) is 0 Å². The number of aromatic nitrogens is 1. The second kappa shape index (κ2) is 3.94. The van der Waals surface area contributed by atoms with Crippen molar-refractivity contribution in [2.75, 3.05) is 0 Å². The number of aryl methyl sites for hydroxylation is 1. The summed E-state index contributed by atoms with van der Waals surface area (Å²) in [5.74, 6) is -0.449. The molecule has 1 aromatic heterocycles. The van der Waals surface area contributed by atoms with Crippen LogP contribution in [-0.4, -0.2) is 0 Å². The Hall–Kier alpha value is -1.64. The van der Waals surface area contributed by atoms with Gasteiger partial charge in [0, 0.05) is 12.5 Å². The molecule has 18 heavy (non-hydrogen) atoms. The molecule has 0 spiro atoms. The molecule has 96 valence electrons. The number of pyridine rings is 1. The Morgan fingerprint density at radius 2 is 1.72 bits per heavy atom. The third-order valence-electron chi connectivity index (χ3n) is 3.41. The lowest BCUT2D eigenvalue weighted by molar-refractivity contribution is -0.585. The molecule has 1 heterocycles. The van der Waals surface area contributed by atoms with Gasteiger partial charge in [0.2, 0.25) is 0 Å². The molecule has 0 unspecified atom stereocenters. The molecule has 2 nitrogen and oxygen atoms in total. The zero-order valence-electron chi connectivity index (χ0n) is 11.5. The lowest BCUT2D eigenvalue weighted by atomic mass is 9.86. The lowest BCUT2D eigenvalue weighted by Crippen LogP contribution is -2.33. The minimum absolute atomic E-state index is 0.131. The van der Waals surface area contributed by atoms with Gasteiger partial charge in [0.15, 0.2) is 11.5 Å². The average molecular weight is 247 g/mol. The number of hydrogen-bond acceptors (Lipinski definition) is 1. The third-order valence-corrected chi connectivity index (χ3v) is 3.41. The average Bonchev–Trinajstić information content (AvgIpc) is 2.23. The van der Waals surface area contributed by atoms with Crippen LogP contribution in [0.15, 0.2) is 18.2 Å². The van der Waals surface area contributed by atoms with Crippen LogP contribution in [0.3, 0.4) is 0 Å². The molecule has 0 bridgehead atoms. The first-order valence-corrected chi connectivity index (χ1v) is 6.05. The van der Waals surface area contributed by atoms with Crippen molar-refractivity contribution in [3.8, 4) is 0 Å². The van der Waals surface area contributed by atoms with Crippen molar-refractivity contribution in [2.45, 2.75) is 40.0 Å². The molecule has 2 aromatic rings. The van der Waals surface area contributed by atoms with E-state index in [1.54, 1.807) is 6.92 Å². The summed E-state index contributed by atoms with van der Waals surface area (Å²) in [6.45, 7) is 9.66. The number of halogens is 1. The molecular formula is C15H18FNO. The van der Waals surface area contributed by atoms with Crippen LogP contribution in [0, 0.1) is 24.9 Å².